The summed E-state index contributed by atoms with van der Waals surface area (Å²) in [5.74, 6) is 0. The predicted molar refractivity (Wildman–Crippen MR) is 28.7 cm³/mol. The Hall–Kier alpha value is 0.107. The minimum Gasteiger partial charge on any atom is -0.191 e. The van der Waals surface area contributed by atoms with Gasteiger partial charge in [-0.15, -0.1) is 0 Å². The molecule has 0 aliphatic carbocycles. The molecular formula is C3H11FOSi. The average molecular weight is 110 g/mol. The fourth-order valence-corrected chi connectivity index (χ4v) is 0. The number of rotatable bonds is 1. The van der Waals surface area contributed by atoms with Gasteiger partial charge in [-0.3, -0.25) is 0 Å². The van der Waals surface area contributed by atoms with E-state index in [1.165, 1.54) is 0 Å². The molecule has 0 bridgehead atoms. The van der Waals surface area contributed by atoms with Crippen LogP contribution in [0.5, 0.6) is 0 Å². The largest absolute Gasteiger partial charge is 0.191 e. The van der Waals surface area contributed by atoms with Gasteiger partial charge in [-0.25, -0.2) is 0 Å². The molecule has 0 saturated heterocycles. The van der Waals surface area contributed by atoms with Crippen molar-refractivity contribution >= 4 is 11.0 Å². The third-order valence-electron chi connectivity index (χ3n) is 0.178. The van der Waals surface area contributed by atoms with Crippen molar-refractivity contribution in [1.82, 2.24) is 0 Å². The van der Waals surface area contributed by atoms with Gasteiger partial charge >= 0.3 is 0 Å². The first-order chi connectivity index (χ1) is 2.27. The SMILES string of the molecule is CC(C)OF.[SiH4]. The maximum atomic E-state index is 10.6. The maximum absolute atomic E-state index is 10.6. The molecule has 0 fully saturated rings. The molecule has 0 atom stereocenters. The second kappa shape index (κ2) is 5.11. The van der Waals surface area contributed by atoms with E-state index in [2.05, 4.69) is 4.94 Å². The highest BCUT2D eigenvalue weighted by Crippen LogP contribution is 1.83. The molecule has 0 amide bonds. The topological polar surface area (TPSA) is 9.23 Å². The Morgan fingerprint density at radius 3 is 1.67 bits per heavy atom. The molecule has 1 nitrogen and oxygen atoms in total. The van der Waals surface area contributed by atoms with Gasteiger partial charge < -0.3 is 0 Å². The zero-order valence-electron chi connectivity index (χ0n) is 3.36. The van der Waals surface area contributed by atoms with Crippen molar-refractivity contribution in [1.29, 1.82) is 0 Å². The Labute approximate surface area is 41.4 Å². The van der Waals surface area contributed by atoms with Crippen LogP contribution in [0.3, 0.4) is 0 Å². The van der Waals surface area contributed by atoms with Gasteiger partial charge in [-0.2, -0.15) is 4.94 Å². The molecule has 0 saturated carbocycles. The fourth-order valence-electron chi connectivity index (χ4n) is 0. The molecule has 0 aromatic carbocycles. The zero-order valence-corrected chi connectivity index (χ0v) is 3.36. The van der Waals surface area contributed by atoms with Crippen molar-refractivity contribution in [3.8, 4) is 0 Å². The van der Waals surface area contributed by atoms with Crippen LogP contribution in [0.4, 0.5) is 4.53 Å². The van der Waals surface area contributed by atoms with Crippen LogP contribution >= 0.6 is 0 Å². The Morgan fingerprint density at radius 1 is 1.50 bits per heavy atom. The lowest BCUT2D eigenvalue weighted by atomic mass is 10.5. The summed E-state index contributed by atoms with van der Waals surface area (Å²) in [7, 11) is 0. The van der Waals surface area contributed by atoms with Gasteiger partial charge in [0.15, 0.2) is 0 Å². The minimum absolute atomic E-state index is 0. The summed E-state index contributed by atoms with van der Waals surface area (Å²) in [6, 6.07) is 0. The highest BCUT2D eigenvalue weighted by molar-refractivity contribution is 5.75. The van der Waals surface area contributed by atoms with Crippen LogP contribution in [0, 0.1) is 0 Å². The smallest absolute Gasteiger partial charge is 0.0927 e. The molecule has 0 aliphatic heterocycles. The van der Waals surface area contributed by atoms with E-state index in [1.807, 2.05) is 0 Å². The van der Waals surface area contributed by atoms with Crippen molar-refractivity contribution < 1.29 is 9.47 Å². The van der Waals surface area contributed by atoms with E-state index in [-0.39, 0.29) is 17.1 Å². The van der Waals surface area contributed by atoms with Crippen molar-refractivity contribution in [2.75, 3.05) is 0 Å². The molecule has 0 aromatic heterocycles. The van der Waals surface area contributed by atoms with E-state index in [0.717, 1.165) is 0 Å². The van der Waals surface area contributed by atoms with Crippen molar-refractivity contribution in [3.63, 3.8) is 0 Å². The third kappa shape index (κ3) is 8.93. The summed E-state index contributed by atoms with van der Waals surface area (Å²) in [5, 5.41) is 0. The molecule has 0 N–H and O–H groups in total. The molecule has 0 rings (SSSR count). The molecule has 6 heavy (non-hydrogen) atoms. The first-order valence-corrected chi connectivity index (χ1v) is 1.54. The Morgan fingerprint density at radius 2 is 1.67 bits per heavy atom. The summed E-state index contributed by atoms with van der Waals surface area (Å²) in [6.45, 7) is 3.25. The van der Waals surface area contributed by atoms with E-state index in [4.69, 9.17) is 0 Å². The second-order valence-electron chi connectivity index (χ2n) is 1.14. The molecule has 0 unspecified atom stereocenters. The lowest BCUT2D eigenvalue weighted by Gasteiger charge is -1.87. The minimum atomic E-state index is -0.282. The molecule has 40 valence electrons. The number of hydrogen-bond donors (Lipinski definition) is 0. The Balaban J connectivity index is 0. The maximum Gasteiger partial charge on any atom is 0.0927 e. The van der Waals surface area contributed by atoms with Gasteiger partial charge in [0.05, 0.1) is 6.10 Å². The number of hydrogen-bond acceptors (Lipinski definition) is 1. The fraction of sp³-hybridized carbons (Fsp3) is 1.00. The summed E-state index contributed by atoms with van der Waals surface area (Å²) in [6.07, 6.45) is -0.282. The summed E-state index contributed by atoms with van der Waals surface area (Å²) >= 11 is 0. The summed E-state index contributed by atoms with van der Waals surface area (Å²) < 4.78 is 10.6. The highest BCUT2D eigenvalue weighted by atomic mass is 28.1. The quantitative estimate of drug-likeness (QED) is 0.426. The van der Waals surface area contributed by atoms with Gasteiger partial charge in [0.25, 0.3) is 0 Å². The number of halogens is 1. The van der Waals surface area contributed by atoms with Crippen molar-refractivity contribution in [3.05, 3.63) is 0 Å². The van der Waals surface area contributed by atoms with Crippen molar-refractivity contribution in [2.45, 2.75) is 20.0 Å². The van der Waals surface area contributed by atoms with Crippen LogP contribution in [-0.4, -0.2) is 17.1 Å². The normalized spacial score (nSPS) is 8.00. The summed E-state index contributed by atoms with van der Waals surface area (Å²) in [4.78, 5) is 3.25. The van der Waals surface area contributed by atoms with Crippen LogP contribution in [0.1, 0.15) is 13.8 Å². The first-order valence-electron chi connectivity index (χ1n) is 1.54. The second-order valence-corrected chi connectivity index (χ2v) is 1.14. The van der Waals surface area contributed by atoms with E-state index in [9.17, 15) is 4.53 Å². The standard InChI is InChI=1S/C3H7FO.H4Si/c1-3(2)5-4;/h3H,1-2H3;1H4. The van der Waals surface area contributed by atoms with Crippen LogP contribution in [0.2, 0.25) is 0 Å². The molecule has 0 aromatic rings. The van der Waals surface area contributed by atoms with Crippen LogP contribution in [0.15, 0.2) is 0 Å². The van der Waals surface area contributed by atoms with Crippen LogP contribution < -0.4 is 0 Å². The van der Waals surface area contributed by atoms with Gasteiger partial charge in [-0.1, -0.05) is 0 Å². The van der Waals surface area contributed by atoms with E-state index in [0.29, 0.717) is 0 Å². The van der Waals surface area contributed by atoms with Crippen molar-refractivity contribution in [2.24, 2.45) is 0 Å². The first kappa shape index (κ1) is 9.44. The molecule has 3 heteroatoms. The molecule has 0 aliphatic rings. The van der Waals surface area contributed by atoms with E-state index >= 15 is 0 Å². The highest BCUT2D eigenvalue weighted by Gasteiger charge is 1.83. The van der Waals surface area contributed by atoms with E-state index in [1.54, 1.807) is 13.8 Å². The summed E-state index contributed by atoms with van der Waals surface area (Å²) in [5.41, 5.74) is 0. The molecular weight excluding hydrogens is 99.1 g/mol. The monoisotopic (exact) mass is 110 g/mol. The van der Waals surface area contributed by atoms with Gasteiger partial charge in [0, 0.05) is 0 Å². The van der Waals surface area contributed by atoms with Gasteiger partial charge in [-0.05, 0) is 29.3 Å². The van der Waals surface area contributed by atoms with Gasteiger partial charge in [0.1, 0.15) is 0 Å². The molecule has 0 radical (unpaired) electrons. The van der Waals surface area contributed by atoms with E-state index < -0.39 is 0 Å². The lowest BCUT2D eigenvalue weighted by Crippen LogP contribution is -1.90. The van der Waals surface area contributed by atoms with Gasteiger partial charge in [0.2, 0.25) is 0 Å². The Bertz CT molecular complexity index is 24.8. The average Bonchev–Trinajstić information content (AvgIpc) is 1.38. The Kier molecular flexibility index (Phi) is 8.04. The lowest BCUT2D eigenvalue weighted by molar-refractivity contribution is -0.165. The molecule has 0 heterocycles. The zero-order chi connectivity index (χ0) is 4.28. The van der Waals surface area contributed by atoms with Crippen LogP contribution in [-0.2, 0) is 4.94 Å². The third-order valence-corrected chi connectivity index (χ3v) is 0.178. The van der Waals surface area contributed by atoms with Crippen LogP contribution in [0.25, 0.3) is 0 Å². The predicted octanol–water partition coefficient (Wildman–Crippen LogP) is -0.156. The molecule has 0 spiro atoms.